The number of aromatic nitrogens is 1. The topological polar surface area (TPSA) is 172 Å². The summed E-state index contributed by atoms with van der Waals surface area (Å²) < 4.78 is 15.2. The molecule has 3 heterocycles. The Bertz CT molecular complexity index is 1610. The molecule has 14 heteroatoms. The van der Waals surface area contributed by atoms with Crippen LogP contribution in [0.5, 0.6) is 0 Å². The first-order chi connectivity index (χ1) is 22.7. The minimum absolute atomic E-state index is 0.0503. The number of nitrogens with one attached hydrogen (secondary N) is 4. The van der Waals surface area contributed by atoms with E-state index in [2.05, 4.69) is 31.2 Å². The number of nitrogens with two attached hydrogens (primary N) is 3. The second kappa shape index (κ2) is 16.1. The van der Waals surface area contributed by atoms with E-state index in [1.165, 1.54) is 0 Å². The van der Waals surface area contributed by atoms with Crippen molar-refractivity contribution in [2.75, 3.05) is 29.9 Å². The third-order valence-electron chi connectivity index (χ3n) is 7.95. The first kappa shape index (κ1) is 34.2. The first-order valence-electron chi connectivity index (χ1n) is 15.7. The molecule has 5 rings (SSSR count). The highest BCUT2D eigenvalue weighted by Crippen LogP contribution is 2.33. The summed E-state index contributed by atoms with van der Waals surface area (Å²) in [6, 6.07) is 11.2. The average Bonchev–Trinajstić information content (AvgIpc) is 3.71. The lowest BCUT2D eigenvalue weighted by molar-refractivity contribution is 0.244. The molecule has 0 aliphatic carbocycles. The van der Waals surface area contributed by atoms with Gasteiger partial charge in [-0.1, -0.05) is 23.7 Å². The van der Waals surface area contributed by atoms with Gasteiger partial charge in [0.25, 0.3) is 0 Å². The molecule has 2 aliphatic rings. The molecule has 11 nitrogen and oxygen atoms in total. The highest BCUT2D eigenvalue weighted by Gasteiger charge is 2.32. The van der Waals surface area contributed by atoms with Crippen LogP contribution in [-0.2, 0) is 6.42 Å². The van der Waals surface area contributed by atoms with Gasteiger partial charge in [-0.05, 0) is 87.0 Å². The van der Waals surface area contributed by atoms with E-state index in [0.29, 0.717) is 23.5 Å². The third-order valence-corrected chi connectivity index (χ3v) is 8.95. The van der Waals surface area contributed by atoms with Gasteiger partial charge >= 0.3 is 6.03 Å². The summed E-state index contributed by atoms with van der Waals surface area (Å²) in [4.78, 5) is 23.1. The highest BCUT2D eigenvalue weighted by atomic mass is 35.5. The van der Waals surface area contributed by atoms with Gasteiger partial charge in [-0.15, -0.1) is 11.3 Å². The van der Waals surface area contributed by atoms with Gasteiger partial charge in [0.15, 0.2) is 16.9 Å². The van der Waals surface area contributed by atoms with Gasteiger partial charge in [0.1, 0.15) is 6.17 Å². The van der Waals surface area contributed by atoms with E-state index in [0.717, 1.165) is 67.0 Å². The summed E-state index contributed by atoms with van der Waals surface area (Å²) in [7, 11) is 0. The smallest absolute Gasteiger partial charge is 0.327 e. The molecule has 0 saturated carbocycles. The standard InChI is InChI=1S/C33H42ClFN10OS/c1-20(36)4-2-5-21-16-25(29(35)26(34)17-21)28-18-23-19-45(33(46)44-30(23)43-28)24-8-6-22(7-9-24)27(39-11-3-12-40-31(37)38)10-13-41-32-42-14-15-47-32/h6-9,14-20,27,30,39,43H,2-5,10-13,36H2,1H3,(H,41,42)(H,44,46)(H4,37,38,40). The molecule has 3 aromatic rings. The first-order valence-corrected chi connectivity index (χ1v) is 17.0. The Morgan fingerprint density at radius 2 is 1.98 bits per heavy atom. The normalized spacial score (nSPS) is 16.8. The number of carbonyl (C=O) groups is 1. The second-order valence-corrected chi connectivity index (χ2v) is 13.0. The molecule has 2 aliphatic heterocycles. The maximum absolute atomic E-state index is 15.2. The number of thiazole rings is 1. The van der Waals surface area contributed by atoms with Crippen LogP contribution in [0, 0.1) is 5.82 Å². The van der Waals surface area contributed by atoms with Crippen molar-refractivity contribution in [3.8, 4) is 0 Å². The van der Waals surface area contributed by atoms with Gasteiger partial charge in [-0.25, -0.2) is 14.2 Å². The van der Waals surface area contributed by atoms with Crippen LogP contribution < -0.4 is 43.4 Å². The molecule has 0 fully saturated rings. The number of guanidine groups is 1. The van der Waals surface area contributed by atoms with E-state index >= 15 is 4.39 Å². The summed E-state index contributed by atoms with van der Waals surface area (Å²) in [6.45, 7) is 3.97. The molecule has 0 radical (unpaired) electrons. The minimum Gasteiger partial charge on any atom is -0.370 e. The largest absolute Gasteiger partial charge is 0.370 e. The zero-order valence-electron chi connectivity index (χ0n) is 26.3. The predicted molar refractivity (Wildman–Crippen MR) is 190 cm³/mol. The molecule has 10 N–H and O–H groups in total. The van der Waals surface area contributed by atoms with Gasteiger partial charge in [0.05, 0.1) is 10.7 Å². The van der Waals surface area contributed by atoms with E-state index in [1.807, 2.05) is 48.7 Å². The van der Waals surface area contributed by atoms with Crippen LogP contribution in [0.3, 0.4) is 0 Å². The number of carbonyl (C=O) groups excluding carboxylic acids is 1. The van der Waals surface area contributed by atoms with E-state index < -0.39 is 12.0 Å². The number of fused-ring (bicyclic) bond motifs is 1. The Balaban J connectivity index is 1.29. The molecule has 3 unspecified atom stereocenters. The highest BCUT2D eigenvalue weighted by molar-refractivity contribution is 7.13. The molecule has 47 heavy (non-hydrogen) atoms. The van der Waals surface area contributed by atoms with Gasteiger partial charge in [0, 0.05) is 59.8 Å². The SMILES string of the molecule is CC(N)CCCc1cc(Cl)c(F)c(C2=CC3=CN(c4ccc(C(CCNc5nccs5)NCCCN=C(N)N)cc4)C(=O)NC3N2)c1. The zero-order valence-corrected chi connectivity index (χ0v) is 27.9. The molecular formula is C33H42ClFN10OS. The van der Waals surface area contributed by atoms with Gasteiger partial charge in [-0.2, -0.15) is 0 Å². The molecule has 3 atom stereocenters. The number of hydrogen-bond acceptors (Lipinski definition) is 8. The van der Waals surface area contributed by atoms with Crippen LogP contribution >= 0.6 is 22.9 Å². The van der Waals surface area contributed by atoms with E-state index in [-0.39, 0.29) is 29.1 Å². The second-order valence-electron chi connectivity index (χ2n) is 11.7. The fraction of sp³-hybridized carbons (Fsp3) is 0.364. The zero-order chi connectivity index (χ0) is 33.3. The van der Waals surface area contributed by atoms with Crippen LogP contribution in [0.15, 0.2) is 70.8 Å². The van der Waals surface area contributed by atoms with Gasteiger partial charge in [0.2, 0.25) is 0 Å². The number of aryl methyl sites for hydroxylation is 1. The Labute approximate surface area is 283 Å². The summed E-state index contributed by atoms with van der Waals surface area (Å²) in [6.07, 6.45) is 9.00. The average molecular weight is 681 g/mol. The molecule has 2 amide bonds. The van der Waals surface area contributed by atoms with Crippen LogP contribution in [0.1, 0.15) is 55.3 Å². The number of anilines is 2. The Hall–Kier alpha value is -4.17. The lowest BCUT2D eigenvalue weighted by Gasteiger charge is -2.29. The Morgan fingerprint density at radius 3 is 2.70 bits per heavy atom. The molecule has 250 valence electrons. The van der Waals surface area contributed by atoms with Crippen LogP contribution in [0.25, 0.3) is 5.70 Å². The molecule has 2 aromatic carbocycles. The van der Waals surface area contributed by atoms with Crippen molar-refractivity contribution in [3.63, 3.8) is 0 Å². The van der Waals surface area contributed by atoms with E-state index in [9.17, 15) is 4.79 Å². The van der Waals surface area contributed by atoms with Crippen molar-refractivity contribution < 1.29 is 9.18 Å². The summed E-state index contributed by atoms with van der Waals surface area (Å²) in [5, 5.41) is 16.1. The lowest BCUT2D eigenvalue weighted by atomic mass is 10.0. The van der Waals surface area contributed by atoms with Crippen LogP contribution in [0.4, 0.5) is 20.0 Å². The van der Waals surface area contributed by atoms with Crippen LogP contribution in [0.2, 0.25) is 5.02 Å². The quantitative estimate of drug-likeness (QED) is 0.0643. The predicted octanol–water partition coefficient (Wildman–Crippen LogP) is 4.79. The fourth-order valence-corrected chi connectivity index (χ4v) is 6.37. The molecule has 0 bridgehead atoms. The summed E-state index contributed by atoms with van der Waals surface area (Å²) >= 11 is 7.85. The van der Waals surface area contributed by atoms with Crippen molar-refractivity contribution >= 4 is 51.4 Å². The Morgan fingerprint density at radius 1 is 1.17 bits per heavy atom. The third kappa shape index (κ3) is 9.22. The minimum atomic E-state index is -0.499. The maximum Gasteiger partial charge on any atom is 0.327 e. The molecule has 0 spiro atoms. The number of urea groups is 1. The lowest BCUT2D eigenvalue weighted by Crippen LogP contribution is -2.51. The molecular weight excluding hydrogens is 639 g/mol. The fourth-order valence-electron chi connectivity index (χ4n) is 5.57. The number of hydrogen-bond donors (Lipinski definition) is 7. The van der Waals surface area contributed by atoms with Crippen molar-refractivity contribution in [1.82, 2.24) is 20.9 Å². The maximum atomic E-state index is 15.2. The van der Waals surface area contributed by atoms with Crippen molar-refractivity contribution in [2.45, 2.75) is 57.3 Å². The van der Waals surface area contributed by atoms with Gasteiger partial charge < -0.3 is 38.5 Å². The van der Waals surface area contributed by atoms with Gasteiger partial charge in [-0.3, -0.25) is 9.89 Å². The van der Waals surface area contributed by atoms with E-state index in [1.54, 1.807) is 34.7 Å². The van der Waals surface area contributed by atoms with Crippen molar-refractivity contribution in [2.24, 2.45) is 22.2 Å². The number of rotatable bonds is 16. The summed E-state index contributed by atoms with van der Waals surface area (Å²) in [5.74, 6) is -0.414. The number of aliphatic imine (C=N–C) groups is 1. The molecule has 0 saturated heterocycles. The van der Waals surface area contributed by atoms with Crippen molar-refractivity contribution in [3.05, 3.63) is 93.4 Å². The van der Waals surface area contributed by atoms with Crippen LogP contribution in [-0.4, -0.2) is 48.8 Å². The monoisotopic (exact) mass is 680 g/mol. The number of halogens is 2. The number of amides is 2. The Kier molecular flexibility index (Phi) is 11.7. The number of benzene rings is 2. The summed E-state index contributed by atoms with van der Waals surface area (Å²) in [5.41, 5.74) is 21.3. The van der Waals surface area contributed by atoms with Crippen molar-refractivity contribution in [1.29, 1.82) is 0 Å². The van der Waals surface area contributed by atoms with E-state index in [4.69, 9.17) is 28.8 Å². The molecule has 1 aromatic heterocycles. The number of nitrogens with zero attached hydrogens (tertiary/aromatic N) is 3.